The number of ether oxygens (including phenoxy) is 1. The Labute approximate surface area is 93.5 Å². The van der Waals surface area contributed by atoms with E-state index in [0.29, 0.717) is 24.0 Å². The average Bonchev–Trinajstić information content (AvgIpc) is 2.93. The van der Waals surface area contributed by atoms with Gasteiger partial charge in [-0.3, -0.25) is 0 Å². The van der Waals surface area contributed by atoms with Crippen LogP contribution >= 0.6 is 0 Å². The number of aliphatic hydroxyl groups is 1. The summed E-state index contributed by atoms with van der Waals surface area (Å²) >= 11 is 0. The summed E-state index contributed by atoms with van der Waals surface area (Å²) in [5, 5.41) is 19.3. The fraction of sp³-hybridized carbons (Fsp3) is 0.500. The average molecular weight is 226 g/mol. The maximum absolute atomic E-state index is 13.7. The summed E-state index contributed by atoms with van der Waals surface area (Å²) in [6, 6.07) is 1.62. The van der Waals surface area contributed by atoms with Gasteiger partial charge in [0.1, 0.15) is 0 Å². The molecule has 16 heavy (non-hydrogen) atoms. The molecule has 1 aromatic carbocycles. The minimum Gasteiger partial charge on any atom is -0.502 e. The Hall–Kier alpha value is -1.29. The highest BCUT2D eigenvalue weighted by molar-refractivity contribution is 5.49. The van der Waals surface area contributed by atoms with Crippen molar-refractivity contribution in [1.82, 2.24) is 0 Å². The zero-order chi connectivity index (χ0) is 11.9. The third-order valence-electron chi connectivity index (χ3n) is 3.00. The summed E-state index contributed by atoms with van der Waals surface area (Å²) in [5.41, 5.74) is 0.241. The van der Waals surface area contributed by atoms with Gasteiger partial charge < -0.3 is 14.9 Å². The van der Waals surface area contributed by atoms with Crippen LogP contribution in [-0.4, -0.2) is 22.9 Å². The molecule has 1 aromatic rings. The number of methoxy groups -OCH3 is 1. The number of phenolic OH excluding ortho intramolecular Hbond substituents is 1. The van der Waals surface area contributed by atoms with Crippen LogP contribution in [-0.2, 0) is 6.42 Å². The van der Waals surface area contributed by atoms with Gasteiger partial charge in [-0.15, -0.1) is 0 Å². The van der Waals surface area contributed by atoms with E-state index in [1.807, 2.05) is 0 Å². The van der Waals surface area contributed by atoms with E-state index in [9.17, 15) is 14.6 Å². The van der Waals surface area contributed by atoms with E-state index in [2.05, 4.69) is 0 Å². The Morgan fingerprint density at radius 2 is 2.12 bits per heavy atom. The van der Waals surface area contributed by atoms with E-state index in [-0.39, 0.29) is 12.2 Å². The van der Waals surface area contributed by atoms with Gasteiger partial charge in [-0.2, -0.15) is 0 Å². The highest BCUT2D eigenvalue weighted by Crippen LogP contribution is 2.42. The number of aryl methyl sites for hydroxylation is 1. The second-order valence-corrected chi connectivity index (χ2v) is 4.45. The lowest BCUT2D eigenvalue weighted by Crippen LogP contribution is -2.12. The first-order valence-electron chi connectivity index (χ1n) is 5.24. The summed E-state index contributed by atoms with van der Waals surface area (Å²) in [7, 11) is 1.38. The Kier molecular flexibility index (Phi) is 2.54. The first kappa shape index (κ1) is 11.2. The van der Waals surface area contributed by atoms with Crippen LogP contribution in [0.1, 0.15) is 24.0 Å². The highest BCUT2D eigenvalue weighted by Gasteiger charge is 2.41. The quantitative estimate of drug-likeness (QED) is 0.827. The zero-order valence-electron chi connectivity index (χ0n) is 9.38. The molecular formula is C12H15FO3. The van der Waals surface area contributed by atoms with Crippen LogP contribution in [0.25, 0.3) is 0 Å². The van der Waals surface area contributed by atoms with Crippen molar-refractivity contribution < 1.29 is 19.3 Å². The van der Waals surface area contributed by atoms with Crippen LogP contribution in [0.3, 0.4) is 0 Å². The van der Waals surface area contributed by atoms with Crippen LogP contribution in [0, 0.1) is 12.7 Å². The Bertz CT molecular complexity index is 425. The molecule has 0 unspecified atom stereocenters. The van der Waals surface area contributed by atoms with Crippen LogP contribution in [0.2, 0.25) is 0 Å². The van der Waals surface area contributed by atoms with Gasteiger partial charge in [0.05, 0.1) is 12.7 Å². The van der Waals surface area contributed by atoms with Crippen LogP contribution in [0.4, 0.5) is 4.39 Å². The molecule has 2 N–H and O–H groups in total. The van der Waals surface area contributed by atoms with E-state index in [4.69, 9.17) is 4.74 Å². The molecule has 0 aromatic heterocycles. The topological polar surface area (TPSA) is 49.7 Å². The number of hydrogen-bond acceptors (Lipinski definition) is 3. The van der Waals surface area contributed by atoms with Crippen molar-refractivity contribution in [2.24, 2.45) is 0 Å². The van der Waals surface area contributed by atoms with Crippen molar-refractivity contribution in [2.75, 3.05) is 7.11 Å². The largest absolute Gasteiger partial charge is 0.502 e. The maximum atomic E-state index is 13.7. The Balaban J connectivity index is 2.39. The maximum Gasteiger partial charge on any atom is 0.194 e. The van der Waals surface area contributed by atoms with Crippen molar-refractivity contribution in [3.8, 4) is 11.5 Å². The highest BCUT2D eigenvalue weighted by atomic mass is 19.1. The molecule has 4 heteroatoms. The number of rotatable bonds is 3. The third kappa shape index (κ3) is 1.85. The summed E-state index contributed by atoms with van der Waals surface area (Å²) in [6.07, 6.45) is 1.63. The smallest absolute Gasteiger partial charge is 0.194 e. The molecule has 0 spiro atoms. The van der Waals surface area contributed by atoms with Gasteiger partial charge in [-0.05, 0) is 37.0 Å². The van der Waals surface area contributed by atoms with Crippen molar-refractivity contribution in [2.45, 2.75) is 31.8 Å². The molecule has 0 radical (unpaired) electrons. The van der Waals surface area contributed by atoms with Crippen LogP contribution < -0.4 is 4.74 Å². The normalized spacial score (nSPS) is 17.2. The molecule has 1 fully saturated rings. The fourth-order valence-electron chi connectivity index (χ4n) is 1.89. The minimum atomic E-state index is -0.770. The second-order valence-electron chi connectivity index (χ2n) is 4.45. The molecule has 3 nitrogen and oxygen atoms in total. The van der Waals surface area contributed by atoms with E-state index >= 15 is 0 Å². The van der Waals surface area contributed by atoms with Crippen molar-refractivity contribution in [3.63, 3.8) is 0 Å². The van der Waals surface area contributed by atoms with Crippen molar-refractivity contribution in [1.29, 1.82) is 0 Å². The zero-order valence-corrected chi connectivity index (χ0v) is 9.38. The van der Waals surface area contributed by atoms with Crippen molar-refractivity contribution >= 4 is 0 Å². The summed E-state index contributed by atoms with van der Waals surface area (Å²) in [6.45, 7) is 1.73. The predicted octanol–water partition coefficient (Wildman–Crippen LogP) is 1.92. The van der Waals surface area contributed by atoms with Crippen LogP contribution in [0.15, 0.2) is 6.07 Å². The molecule has 88 valence electrons. The summed E-state index contributed by atoms with van der Waals surface area (Å²) in [4.78, 5) is 0. The Morgan fingerprint density at radius 1 is 1.50 bits per heavy atom. The standard InChI is InChI=1S/C12H15FO3/c1-7-5-8(6-12(15)3-4-12)9(13)10(14)11(7)16-2/h5,14-15H,3-4,6H2,1-2H3. The minimum absolute atomic E-state index is 0.157. The molecule has 0 aliphatic heterocycles. The molecule has 0 atom stereocenters. The first-order valence-corrected chi connectivity index (χ1v) is 5.24. The molecule has 0 amide bonds. The monoisotopic (exact) mass is 226 g/mol. The number of phenols is 1. The van der Waals surface area contributed by atoms with E-state index in [0.717, 1.165) is 0 Å². The lowest BCUT2D eigenvalue weighted by Gasteiger charge is -2.13. The molecule has 2 rings (SSSR count). The van der Waals surface area contributed by atoms with Gasteiger partial charge in [-0.1, -0.05) is 0 Å². The Morgan fingerprint density at radius 3 is 2.62 bits per heavy atom. The van der Waals surface area contributed by atoms with E-state index < -0.39 is 17.2 Å². The van der Waals surface area contributed by atoms with Gasteiger partial charge in [0, 0.05) is 6.42 Å². The molecule has 0 saturated heterocycles. The summed E-state index contributed by atoms with van der Waals surface area (Å²) in [5.74, 6) is -1.01. The molecule has 1 saturated carbocycles. The second kappa shape index (κ2) is 3.63. The van der Waals surface area contributed by atoms with E-state index in [1.54, 1.807) is 13.0 Å². The third-order valence-corrected chi connectivity index (χ3v) is 3.00. The number of hydrogen-bond donors (Lipinski definition) is 2. The number of halogens is 1. The van der Waals surface area contributed by atoms with E-state index in [1.165, 1.54) is 7.11 Å². The van der Waals surface area contributed by atoms with Gasteiger partial charge >= 0.3 is 0 Å². The summed E-state index contributed by atoms with van der Waals surface area (Å²) < 4.78 is 18.7. The van der Waals surface area contributed by atoms with Crippen molar-refractivity contribution in [3.05, 3.63) is 23.0 Å². The van der Waals surface area contributed by atoms with Gasteiger partial charge in [-0.25, -0.2) is 4.39 Å². The molecule has 0 bridgehead atoms. The van der Waals surface area contributed by atoms with Gasteiger partial charge in [0.2, 0.25) is 0 Å². The lowest BCUT2D eigenvalue weighted by atomic mass is 10.0. The molecule has 0 heterocycles. The first-order chi connectivity index (χ1) is 7.47. The number of benzene rings is 1. The SMILES string of the molecule is COc1c(C)cc(CC2(O)CC2)c(F)c1O. The fourth-order valence-corrected chi connectivity index (χ4v) is 1.89. The predicted molar refractivity (Wildman–Crippen MR) is 57.2 cm³/mol. The lowest BCUT2D eigenvalue weighted by molar-refractivity contribution is 0.149. The van der Waals surface area contributed by atoms with Gasteiger partial charge in [0.15, 0.2) is 17.3 Å². The molecule has 1 aliphatic rings. The molecular weight excluding hydrogens is 211 g/mol. The van der Waals surface area contributed by atoms with Crippen LogP contribution in [0.5, 0.6) is 11.5 Å². The number of aromatic hydroxyl groups is 1. The van der Waals surface area contributed by atoms with Gasteiger partial charge in [0.25, 0.3) is 0 Å². The molecule has 1 aliphatic carbocycles.